The van der Waals surface area contributed by atoms with Gasteiger partial charge in [0.2, 0.25) is 5.88 Å². The zero-order valence-electron chi connectivity index (χ0n) is 11.6. The van der Waals surface area contributed by atoms with Gasteiger partial charge in [0.25, 0.3) is 5.91 Å². The molecule has 0 aromatic carbocycles. The Kier molecular flexibility index (Phi) is 2.54. The molecule has 5 heteroatoms. The van der Waals surface area contributed by atoms with Crippen LogP contribution in [0.2, 0.25) is 0 Å². The normalized spacial score (nSPS) is 28.1. The largest absolute Gasteiger partial charge is 0.475 e. The van der Waals surface area contributed by atoms with Gasteiger partial charge in [0.1, 0.15) is 12.2 Å². The molecular formula is C15H19N3O2. The third-order valence-corrected chi connectivity index (χ3v) is 4.90. The van der Waals surface area contributed by atoms with Crippen LogP contribution in [-0.4, -0.2) is 47.6 Å². The summed E-state index contributed by atoms with van der Waals surface area (Å²) in [6.45, 7) is 4.80. The number of pyridine rings is 1. The lowest BCUT2D eigenvalue weighted by atomic mass is 9.61. The fraction of sp³-hybridized carbons (Fsp3) is 0.600. The van der Waals surface area contributed by atoms with Gasteiger partial charge in [0.15, 0.2) is 0 Å². The highest BCUT2D eigenvalue weighted by molar-refractivity contribution is 5.97. The maximum absolute atomic E-state index is 12.8. The first-order valence-electron chi connectivity index (χ1n) is 7.30. The van der Waals surface area contributed by atoms with Gasteiger partial charge in [-0.2, -0.15) is 0 Å². The average molecular weight is 273 g/mol. The van der Waals surface area contributed by atoms with Gasteiger partial charge in [-0.1, -0.05) is 0 Å². The van der Waals surface area contributed by atoms with E-state index in [0.717, 1.165) is 25.9 Å². The summed E-state index contributed by atoms with van der Waals surface area (Å²) in [5, 5.41) is 3.34. The van der Waals surface area contributed by atoms with Crippen LogP contribution in [-0.2, 0) is 0 Å². The Bertz CT molecular complexity index is 548. The molecule has 1 spiro atoms. The highest BCUT2D eigenvalue weighted by atomic mass is 16.5. The van der Waals surface area contributed by atoms with Gasteiger partial charge in [-0.3, -0.25) is 4.79 Å². The van der Waals surface area contributed by atoms with Crippen LogP contribution in [0.3, 0.4) is 0 Å². The number of fused-ring (bicyclic) bond motifs is 1. The van der Waals surface area contributed by atoms with Crippen LogP contribution in [0.4, 0.5) is 0 Å². The van der Waals surface area contributed by atoms with E-state index in [4.69, 9.17) is 4.74 Å². The van der Waals surface area contributed by atoms with E-state index in [0.29, 0.717) is 29.5 Å². The van der Waals surface area contributed by atoms with E-state index in [1.54, 1.807) is 12.3 Å². The smallest absolute Gasteiger partial charge is 0.259 e. The lowest BCUT2D eigenvalue weighted by Crippen LogP contribution is -2.66. The lowest BCUT2D eigenvalue weighted by molar-refractivity contribution is -0.0406. The SMILES string of the molecule is CC1COc2ncccc2C(=O)N1C1CC2(CNC2)C1. The predicted molar refractivity (Wildman–Crippen MR) is 73.7 cm³/mol. The summed E-state index contributed by atoms with van der Waals surface area (Å²) < 4.78 is 5.69. The number of amides is 1. The highest BCUT2D eigenvalue weighted by Gasteiger charge is 2.52. The van der Waals surface area contributed by atoms with Crippen molar-refractivity contribution in [3.8, 4) is 5.88 Å². The van der Waals surface area contributed by atoms with Crippen LogP contribution in [0.15, 0.2) is 18.3 Å². The number of nitrogens with one attached hydrogen (secondary N) is 1. The Labute approximate surface area is 118 Å². The van der Waals surface area contributed by atoms with E-state index >= 15 is 0 Å². The molecule has 1 aliphatic carbocycles. The zero-order chi connectivity index (χ0) is 13.7. The van der Waals surface area contributed by atoms with Crippen molar-refractivity contribution >= 4 is 5.91 Å². The Morgan fingerprint density at radius 2 is 2.25 bits per heavy atom. The summed E-state index contributed by atoms with van der Waals surface area (Å²) >= 11 is 0. The summed E-state index contributed by atoms with van der Waals surface area (Å²) in [6.07, 6.45) is 3.90. The minimum absolute atomic E-state index is 0.0743. The Hall–Kier alpha value is -1.62. The summed E-state index contributed by atoms with van der Waals surface area (Å²) in [7, 11) is 0. The Morgan fingerprint density at radius 1 is 1.45 bits per heavy atom. The van der Waals surface area contributed by atoms with Crippen molar-refractivity contribution in [1.82, 2.24) is 15.2 Å². The van der Waals surface area contributed by atoms with Crippen LogP contribution in [0, 0.1) is 5.41 Å². The first kappa shape index (κ1) is 12.1. The number of aromatic nitrogens is 1. The van der Waals surface area contributed by atoms with E-state index in [2.05, 4.69) is 17.2 Å². The van der Waals surface area contributed by atoms with E-state index in [1.165, 1.54) is 0 Å². The summed E-state index contributed by atoms with van der Waals surface area (Å²) in [4.78, 5) is 19.0. The van der Waals surface area contributed by atoms with Crippen molar-refractivity contribution in [1.29, 1.82) is 0 Å². The molecule has 2 aliphatic heterocycles. The molecule has 20 heavy (non-hydrogen) atoms. The van der Waals surface area contributed by atoms with E-state index in [-0.39, 0.29) is 11.9 Å². The molecule has 0 radical (unpaired) electrons. The quantitative estimate of drug-likeness (QED) is 0.831. The molecule has 4 rings (SSSR count). The van der Waals surface area contributed by atoms with Gasteiger partial charge in [0, 0.05) is 25.3 Å². The van der Waals surface area contributed by atoms with Crippen molar-refractivity contribution in [2.45, 2.75) is 31.8 Å². The molecule has 1 aromatic rings. The van der Waals surface area contributed by atoms with Crippen LogP contribution in [0.25, 0.3) is 0 Å². The molecule has 0 bridgehead atoms. The molecule has 3 heterocycles. The average Bonchev–Trinajstić information content (AvgIpc) is 2.47. The number of nitrogens with zero attached hydrogens (tertiary/aromatic N) is 2. The van der Waals surface area contributed by atoms with Crippen LogP contribution < -0.4 is 10.1 Å². The van der Waals surface area contributed by atoms with Crippen molar-refractivity contribution in [3.05, 3.63) is 23.9 Å². The van der Waals surface area contributed by atoms with Crippen LogP contribution >= 0.6 is 0 Å². The number of hydrogen-bond donors (Lipinski definition) is 1. The monoisotopic (exact) mass is 273 g/mol. The first-order valence-corrected chi connectivity index (χ1v) is 7.30. The maximum atomic E-state index is 12.8. The Balaban J connectivity index is 1.60. The van der Waals surface area contributed by atoms with Crippen LogP contribution in [0.5, 0.6) is 5.88 Å². The molecule has 1 saturated heterocycles. The fourth-order valence-electron chi connectivity index (χ4n) is 3.72. The summed E-state index contributed by atoms with van der Waals surface area (Å²) in [5.41, 5.74) is 1.07. The molecule has 1 saturated carbocycles. The van der Waals surface area contributed by atoms with Gasteiger partial charge in [-0.05, 0) is 37.3 Å². The molecule has 2 fully saturated rings. The number of rotatable bonds is 1. The number of carbonyl (C=O) groups is 1. The minimum Gasteiger partial charge on any atom is -0.475 e. The molecule has 106 valence electrons. The Morgan fingerprint density at radius 3 is 2.95 bits per heavy atom. The highest BCUT2D eigenvalue weighted by Crippen LogP contribution is 2.47. The summed E-state index contributed by atoms with van der Waals surface area (Å²) in [6, 6.07) is 4.07. The van der Waals surface area contributed by atoms with Crippen molar-refractivity contribution in [3.63, 3.8) is 0 Å². The van der Waals surface area contributed by atoms with Crippen molar-refractivity contribution in [2.24, 2.45) is 5.41 Å². The number of ether oxygens (including phenoxy) is 1. The maximum Gasteiger partial charge on any atom is 0.259 e. The molecule has 1 amide bonds. The third kappa shape index (κ3) is 1.66. The zero-order valence-corrected chi connectivity index (χ0v) is 11.6. The molecule has 1 unspecified atom stereocenters. The standard InChI is InChI=1S/C15H19N3O2/c1-10-7-20-13-12(3-2-4-17-13)14(19)18(10)11-5-15(6-11)8-16-9-15/h2-4,10-11,16H,5-9H2,1H3. The van der Waals surface area contributed by atoms with Gasteiger partial charge >= 0.3 is 0 Å². The minimum atomic E-state index is 0.0743. The van der Waals surface area contributed by atoms with Crippen LogP contribution in [0.1, 0.15) is 30.1 Å². The lowest BCUT2D eigenvalue weighted by Gasteiger charge is -2.57. The van der Waals surface area contributed by atoms with E-state index < -0.39 is 0 Å². The molecule has 5 nitrogen and oxygen atoms in total. The predicted octanol–water partition coefficient (Wildman–Crippen LogP) is 1.06. The number of hydrogen-bond acceptors (Lipinski definition) is 4. The molecular weight excluding hydrogens is 254 g/mol. The van der Waals surface area contributed by atoms with Crippen molar-refractivity contribution < 1.29 is 9.53 Å². The molecule has 1 N–H and O–H groups in total. The second-order valence-corrected chi connectivity index (χ2v) is 6.39. The number of carbonyl (C=O) groups excluding carboxylic acids is 1. The van der Waals surface area contributed by atoms with Crippen molar-refractivity contribution in [2.75, 3.05) is 19.7 Å². The van der Waals surface area contributed by atoms with E-state index in [9.17, 15) is 4.79 Å². The second-order valence-electron chi connectivity index (χ2n) is 6.39. The van der Waals surface area contributed by atoms with Gasteiger partial charge in [-0.15, -0.1) is 0 Å². The fourth-order valence-corrected chi connectivity index (χ4v) is 3.72. The summed E-state index contributed by atoms with van der Waals surface area (Å²) in [5.74, 6) is 0.552. The topological polar surface area (TPSA) is 54.5 Å². The molecule has 1 aromatic heterocycles. The van der Waals surface area contributed by atoms with E-state index in [1.807, 2.05) is 11.0 Å². The van der Waals surface area contributed by atoms with Gasteiger partial charge < -0.3 is 15.0 Å². The second kappa shape index (κ2) is 4.19. The molecule has 3 aliphatic rings. The first-order chi connectivity index (χ1) is 9.69. The molecule has 1 atom stereocenters. The van der Waals surface area contributed by atoms with Gasteiger partial charge in [0.05, 0.1) is 6.04 Å². The third-order valence-electron chi connectivity index (χ3n) is 4.90. The van der Waals surface area contributed by atoms with Gasteiger partial charge in [-0.25, -0.2) is 4.98 Å².